The zero-order valence-electron chi connectivity index (χ0n) is 9.18. The van der Waals surface area contributed by atoms with Crippen LogP contribution in [0.25, 0.3) is 11.1 Å². The molecule has 82 valence electrons. The number of benzene rings is 1. The summed E-state index contributed by atoms with van der Waals surface area (Å²) in [5.74, 6) is -0.334. The van der Waals surface area contributed by atoms with Crippen molar-refractivity contribution in [2.24, 2.45) is 7.05 Å². The maximum Gasteiger partial charge on any atom is 0.338 e. The molecule has 1 aromatic heterocycles. The maximum absolute atomic E-state index is 11.6. The lowest BCUT2D eigenvalue weighted by atomic mass is 10.0. The molecule has 0 bridgehead atoms. The molecular weight excluding hydrogens is 204 g/mol. The average Bonchev–Trinajstić information content (AvgIpc) is 2.75. The van der Waals surface area contributed by atoms with Gasteiger partial charge in [0.1, 0.15) is 0 Å². The van der Waals surface area contributed by atoms with Crippen molar-refractivity contribution >= 4 is 5.97 Å². The smallest absolute Gasteiger partial charge is 0.338 e. The van der Waals surface area contributed by atoms with Gasteiger partial charge in [0.2, 0.25) is 0 Å². The van der Waals surface area contributed by atoms with Crippen LogP contribution < -0.4 is 0 Å². The van der Waals surface area contributed by atoms with Crippen molar-refractivity contribution < 1.29 is 9.53 Å². The van der Waals surface area contributed by atoms with Gasteiger partial charge in [-0.05, 0) is 11.6 Å². The summed E-state index contributed by atoms with van der Waals surface area (Å²) in [5.41, 5.74) is 2.30. The van der Waals surface area contributed by atoms with Gasteiger partial charge in [0.25, 0.3) is 0 Å². The highest BCUT2D eigenvalue weighted by Crippen LogP contribution is 2.23. The third-order valence-electron chi connectivity index (χ3n) is 2.35. The number of aryl methyl sites for hydroxylation is 1. The molecule has 1 aromatic carbocycles. The van der Waals surface area contributed by atoms with Crippen LogP contribution in [0, 0.1) is 0 Å². The van der Waals surface area contributed by atoms with E-state index in [1.165, 1.54) is 7.11 Å². The second-order valence-electron chi connectivity index (χ2n) is 3.44. The standard InChI is InChI=1S/C12H12N2O2/c1-14-8-9(7-13-14)10-5-3-4-6-11(10)12(15)16-2/h3-8H,1-2H3. The van der Waals surface area contributed by atoms with Gasteiger partial charge in [-0.1, -0.05) is 18.2 Å². The van der Waals surface area contributed by atoms with E-state index >= 15 is 0 Å². The van der Waals surface area contributed by atoms with Crippen LogP contribution in [0.4, 0.5) is 0 Å². The van der Waals surface area contributed by atoms with E-state index in [0.29, 0.717) is 5.56 Å². The van der Waals surface area contributed by atoms with E-state index in [-0.39, 0.29) is 5.97 Å². The van der Waals surface area contributed by atoms with Gasteiger partial charge >= 0.3 is 5.97 Å². The van der Waals surface area contributed by atoms with E-state index in [0.717, 1.165) is 11.1 Å². The van der Waals surface area contributed by atoms with Crippen LogP contribution >= 0.6 is 0 Å². The van der Waals surface area contributed by atoms with Gasteiger partial charge in [-0.2, -0.15) is 5.10 Å². The van der Waals surface area contributed by atoms with E-state index in [4.69, 9.17) is 4.74 Å². The van der Waals surface area contributed by atoms with E-state index in [9.17, 15) is 4.79 Å². The molecule has 0 N–H and O–H groups in total. The summed E-state index contributed by atoms with van der Waals surface area (Å²) in [5, 5.41) is 4.08. The Morgan fingerprint density at radius 1 is 1.38 bits per heavy atom. The van der Waals surface area contributed by atoms with Crippen molar-refractivity contribution in [2.75, 3.05) is 7.11 Å². The summed E-state index contributed by atoms with van der Waals surface area (Å²) < 4.78 is 6.44. The molecule has 4 heteroatoms. The Hall–Kier alpha value is -2.10. The van der Waals surface area contributed by atoms with Crippen LogP contribution in [-0.2, 0) is 11.8 Å². The van der Waals surface area contributed by atoms with Crippen LogP contribution in [0.5, 0.6) is 0 Å². The minimum Gasteiger partial charge on any atom is -0.465 e. The molecule has 0 aliphatic heterocycles. The lowest BCUT2D eigenvalue weighted by molar-refractivity contribution is 0.0601. The number of ether oxygens (including phenoxy) is 1. The number of rotatable bonds is 2. The highest BCUT2D eigenvalue weighted by Gasteiger charge is 2.13. The minimum atomic E-state index is -0.334. The number of esters is 1. The predicted octanol–water partition coefficient (Wildman–Crippen LogP) is 1.87. The highest BCUT2D eigenvalue weighted by molar-refractivity contribution is 5.97. The molecule has 0 fully saturated rings. The van der Waals surface area contributed by atoms with Crippen LogP contribution in [0.3, 0.4) is 0 Å². The summed E-state index contributed by atoms with van der Waals surface area (Å²) in [6.07, 6.45) is 3.59. The van der Waals surface area contributed by atoms with E-state index in [1.54, 1.807) is 16.9 Å². The van der Waals surface area contributed by atoms with E-state index < -0.39 is 0 Å². The first-order valence-corrected chi connectivity index (χ1v) is 4.88. The molecule has 0 amide bonds. The molecular formula is C12H12N2O2. The van der Waals surface area contributed by atoms with Crippen molar-refractivity contribution in [1.29, 1.82) is 0 Å². The largest absolute Gasteiger partial charge is 0.465 e. The zero-order chi connectivity index (χ0) is 11.5. The molecule has 16 heavy (non-hydrogen) atoms. The Morgan fingerprint density at radius 3 is 2.75 bits per heavy atom. The van der Waals surface area contributed by atoms with Crippen molar-refractivity contribution in [3.8, 4) is 11.1 Å². The Balaban J connectivity index is 2.52. The molecule has 2 aromatic rings. The van der Waals surface area contributed by atoms with Crippen molar-refractivity contribution in [1.82, 2.24) is 9.78 Å². The van der Waals surface area contributed by atoms with Gasteiger partial charge in [0, 0.05) is 18.8 Å². The summed E-state index contributed by atoms with van der Waals surface area (Å²) in [7, 11) is 3.21. The van der Waals surface area contributed by atoms with Gasteiger partial charge in [0.15, 0.2) is 0 Å². The van der Waals surface area contributed by atoms with Crippen LogP contribution in [0.2, 0.25) is 0 Å². The first kappa shape index (κ1) is 10.4. The van der Waals surface area contributed by atoms with E-state index in [2.05, 4.69) is 5.10 Å². The topological polar surface area (TPSA) is 44.1 Å². The van der Waals surface area contributed by atoms with Crippen LogP contribution in [-0.4, -0.2) is 22.9 Å². The Bertz CT molecular complexity index is 517. The van der Waals surface area contributed by atoms with Gasteiger partial charge in [-0.15, -0.1) is 0 Å². The number of hydrogen-bond donors (Lipinski definition) is 0. The number of carbonyl (C=O) groups is 1. The molecule has 0 radical (unpaired) electrons. The Kier molecular flexibility index (Phi) is 2.72. The Morgan fingerprint density at radius 2 is 2.12 bits per heavy atom. The minimum absolute atomic E-state index is 0.334. The SMILES string of the molecule is COC(=O)c1ccccc1-c1cnn(C)c1. The molecule has 0 aliphatic rings. The summed E-state index contributed by atoms with van der Waals surface area (Å²) >= 11 is 0. The van der Waals surface area contributed by atoms with Gasteiger partial charge in [-0.25, -0.2) is 4.79 Å². The molecule has 0 saturated heterocycles. The number of hydrogen-bond acceptors (Lipinski definition) is 3. The molecule has 4 nitrogen and oxygen atoms in total. The first-order chi connectivity index (χ1) is 7.72. The normalized spacial score (nSPS) is 10.1. The molecule has 2 rings (SSSR count). The van der Waals surface area contributed by atoms with E-state index in [1.807, 2.05) is 31.4 Å². The first-order valence-electron chi connectivity index (χ1n) is 4.88. The van der Waals surface area contributed by atoms with Gasteiger partial charge in [-0.3, -0.25) is 4.68 Å². The third kappa shape index (κ3) is 1.82. The number of methoxy groups -OCH3 is 1. The second-order valence-corrected chi connectivity index (χ2v) is 3.44. The average molecular weight is 216 g/mol. The lowest BCUT2D eigenvalue weighted by Crippen LogP contribution is -2.02. The van der Waals surface area contributed by atoms with Crippen molar-refractivity contribution in [2.45, 2.75) is 0 Å². The summed E-state index contributed by atoms with van der Waals surface area (Å²) in [6.45, 7) is 0. The maximum atomic E-state index is 11.6. The predicted molar refractivity (Wildman–Crippen MR) is 60.0 cm³/mol. The molecule has 0 saturated carbocycles. The van der Waals surface area contributed by atoms with Gasteiger partial charge in [0.05, 0.1) is 18.9 Å². The number of carbonyl (C=O) groups excluding carboxylic acids is 1. The van der Waals surface area contributed by atoms with Crippen molar-refractivity contribution in [3.05, 3.63) is 42.2 Å². The fourth-order valence-corrected chi connectivity index (χ4v) is 1.58. The quantitative estimate of drug-likeness (QED) is 0.720. The van der Waals surface area contributed by atoms with Crippen molar-refractivity contribution in [3.63, 3.8) is 0 Å². The fourth-order valence-electron chi connectivity index (χ4n) is 1.58. The number of nitrogens with zero attached hydrogens (tertiary/aromatic N) is 2. The highest BCUT2D eigenvalue weighted by atomic mass is 16.5. The molecule has 1 heterocycles. The fraction of sp³-hybridized carbons (Fsp3) is 0.167. The second kappa shape index (κ2) is 4.18. The molecule has 0 aliphatic carbocycles. The Labute approximate surface area is 93.5 Å². The van der Waals surface area contributed by atoms with Crippen LogP contribution in [0.15, 0.2) is 36.7 Å². The molecule has 0 atom stereocenters. The summed E-state index contributed by atoms with van der Waals surface area (Å²) in [4.78, 5) is 11.6. The third-order valence-corrected chi connectivity index (χ3v) is 2.35. The van der Waals surface area contributed by atoms with Gasteiger partial charge < -0.3 is 4.74 Å². The zero-order valence-corrected chi connectivity index (χ0v) is 9.18. The molecule has 0 unspecified atom stereocenters. The monoisotopic (exact) mass is 216 g/mol. The molecule has 0 spiro atoms. The van der Waals surface area contributed by atoms with Crippen LogP contribution in [0.1, 0.15) is 10.4 Å². The summed E-state index contributed by atoms with van der Waals surface area (Å²) in [6, 6.07) is 7.32. The lowest BCUT2D eigenvalue weighted by Gasteiger charge is -2.04. The number of aromatic nitrogens is 2.